The molecule has 0 atom stereocenters. The molecule has 0 aromatic heterocycles. The second kappa shape index (κ2) is 11.8. The molecule has 0 radical (unpaired) electrons. The third kappa shape index (κ3) is 4.70. The van der Waals surface area contributed by atoms with E-state index in [1.54, 1.807) is 0 Å². The molecule has 2 N–H and O–H groups in total. The minimum Gasteiger partial charge on any atom is -0.537 e. The fourth-order valence-corrected chi connectivity index (χ4v) is 7.11. The highest BCUT2D eigenvalue weighted by molar-refractivity contribution is 6.72. The fraction of sp³-hybridized carbons (Fsp3) is 0.100. The maximum absolute atomic E-state index is 14.3. The minimum absolute atomic E-state index is 0.0682. The molecule has 0 saturated heterocycles. The van der Waals surface area contributed by atoms with Crippen LogP contribution in [0.4, 0.5) is 5.69 Å². The Morgan fingerprint density at radius 3 is 1.98 bits per heavy atom. The van der Waals surface area contributed by atoms with Crippen LogP contribution in [0.2, 0.25) is 0 Å². The molecule has 6 aromatic carbocycles. The molecule has 50 heavy (non-hydrogen) atoms. The Labute approximate surface area is 288 Å². The number of hydrogen-bond acceptors (Lipinski definition) is 8. The Bertz CT molecular complexity index is 2530. The molecule has 0 spiro atoms. The van der Waals surface area contributed by atoms with Crippen LogP contribution in [0.1, 0.15) is 19.4 Å². The summed E-state index contributed by atoms with van der Waals surface area (Å²) >= 11 is 0. The van der Waals surface area contributed by atoms with E-state index in [9.17, 15) is 9.90 Å². The second-order valence-electron chi connectivity index (χ2n) is 12.3. The number of nitrogens with one attached hydrogen (secondary N) is 1. The summed E-state index contributed by atoms with van der Waals surface area (Å²) in [5.41, 5.74) is 3.57. The zero-order valence-corrected chi connectivity index (χ0v) is 27.4. The summed E-state index contributed by atoms with van der Waals surface area (Å²) < 4.78 is 24.0. The Morgan fingerprint density at radius 2 is 1.32 bits per heavy atom. The number of carbonyl (C=O) groups excluding carboxylic acids is 1. The molecule has 9 rings (SSSR count). The first-order valence-corrected chi connectivity index (χ1v) is 16.8. The molecule has 0 fully saturated rings. The van der Waals surface area contributed by atoms with Crippen molar-refractivity contribution in [2.75, 3.05) is 18.4 Å². The number of allylic oxidation sites excluding steroid dienone is 2. The maximum atomic E-state index is 14.3. The average molecular weight is 656 g/mol. The lowest BCUT2D eigenvalue weighted by Gasteiger charge is -2.30. The molecule has 3 aliphatic rings. The zero-order chi connectivity index (χ0) is 33.9. The first kappa shape index (κ1) is 29.9. The van der Waals surface area contributed by atoms with E-state index in [-0.39, 0.29) is 22.7 Å². The number of benzene rings is 6. The largest absolute Gasteiger partial charge is 0.538 e. The lowest BCUT2D eigenvalue weighted by Crippen LogP contribution is -2.46. The lowest BCUT2D eigenvalue weighted by atomic mass is 9.70. The van der Waals surface area contributed by atoms with Crippen LogP contribution in [0.3, 0.4) is 0 Å². The topological polar surface area (TPSA) is 98.6 Å². The number of hydrogen-bond donors (Lipinski definition) is 2. The highest BCUT2D eigenvalue weighted by atomic mass is 16.5. The summed E-state index contributed by atoms with van der Waals surface area (Å²) in [6.07, 6.45) is 0. The van der Waals surface area contributed by atoms with Gasteiger partial charge in [-0.3, -0.25) is 9.70 Å². The molecule has 0 bridgehead atoms. The van der Waals surface area contributed by atoms with Crippen LogP contribution in [0.5, 0.6) is 23.0 Å². The van der Waals surface area contributed by atoms with Crippen molar-refractivity contribution in [2.45, 2.75) is 13.8 Å². The van der Waals surface area contributed by atoms with Crippen molar-refractivity contribution in [1.82, 2.24) is 0 Å². The van der Waals surface area contributed by atoms with Gasteiger partial charge in [0.15, 0.2) is 0 Å². The van der Waals surface area contributed by atoms with E-state index < -0.39 is 14.1 Å². The molecule has 0 amide bonds. The summed E-state index contributed by atoms with van der Waals surface area (Å²) in [6, 6.07) is 34.7. The van der Waals surface area contributed by atoms with Crippen LogP contribution in [-0.4, -0.2) is 38.2 Å². The molecule has 242 valence electrons. The Hall–Kier alpha value is -6.15. The number of carbonyl (C=O) groups is 1. The summed E-state index contributed by atoms with van der Waals surface area (Å²) in [5.74, 6) is 2.58. The molecule has 8 nitrogen and oxygen atoms in total. The van der Waals surface area contributed by atoms with Gasteiger partial charge in [-0.15, -0.1) is 0 Å². The van der Waals surface area contributed by atoms with Crippen molar-refractivity contribution in [1.29, 1.82) is 0 Å². The van der Waals surface area contributed by atoms with E-state index in [2.05, 4.69) is 5.23 Å². The van der Waals surface area contributed by atoms with Gasteiger partial charge in [-0.2, -0.15) is 0 Å². The minimum atomic E-state index is -0.640. The van der Waals surface area contributed by atoms with E-state index in [0.29, 0.717) is 40.9 Å². The van der Waals surface area contributed by atoms with Crippen molar-refractivity contribution >= 4 is 69.2 Å². The van der Waals surface area contributed by atoms with E-state index in [4.69, 9.17) is 23.7 Å². The Kier molecular flexibility index (Phi) is 7.05. The standard InChI is InChI=1S/C40H30B2N2O6/c1-3-47-27-17-13-25(14-18-27)41-43-37-29(21-11-23-7-5-9-31(49-41)33(23)37)35-39(45)36(40(35)46)30-22-12-24-8-6-10-32-34(24)38(30)44-42(50-32)26-15-19-28(20-16-26)48-4-2/h5-22,43,45H,3-4H2,1-2H3. The molecule has 2 aliphatic heterocycles. The quantitative estimate of drug-likeness (QED) is 0.231. The van der Waals surface area contributed by atoms with Gasteiger partial charge in [0.2, 0.25) is 5.78 Å². The maximum Gasteiger partial charge on any atom is 0.538 e. The number of anilines is 1. The van der Waals surface area contributed by atoms with Crippen LogP contribution in [0.25, 0.3) is 32.7 Å². The van der Waals surface area contributed by atoms with Crippen molar-refractivity contribution in [3.05, 3.63) is 131 Å². The van der Waals surface area contributed by atoms with E-state index in [0.717, 1.165) is 49.7 Å². The molecular weight excluding hydrogens is 626 g/mol. The highest BCUT2D eigenvalue weighted by Gasteiger charge is 2.40. The number of ether oxygens (including phenoxy) is 2. The van der Waals surface area contributed by atoms with E-state index in [1.165, 1.54) is 0 Å². The summed E-state index contributed by atoms with van der Waals surface area (Å²) in [4.78, 5) is 19.3. The summed E-state index contributed by atoms with van der Waals surface area (Å²) in [7, 11) is -1.16. The molecule has 1 aliphatic carbocycles. The second-order valence-corrected chi connectivity index (χ2v) is 12.3. The van der Waals surface area contributed by atoms with Gasteiger partial charge < -0.3 is 29.1 Å². The third-order valence-corrected chi connectivity index (χ3v) is 9.43. The number of aliphatic hydroxyl groups is 1. The predicted molar refractivity (Wildman–Crippen MR) is 198 cm³/mol. The van der Waals surface area contributed by atoms with Gasteiger partial charge in [-0.25, -0.2) is 0 Å². The number of aliphatic hydroxyl groups excluding tert-OH is 1. The molecule has 0 unspecified atom stereocenters. The van der Waals surface area contributed by atoms with Crippen LogP contribution >= 0.6 is 0 Å². The lowest BCUT2D eigenvalue weighted by molar-refractivity contribution is -0.109. The van der Waals surface area contributed by atoms with Crippen molar-refractivity contribution in [3.63, 3.8) is 0 Å². The van der Waals surface area contributed by atoms with Crippen LogP contribution < -0.4 is 45.5 Å². The van der Waals surface area contributed by atoms with Gasteiger partial charge in [-0.1, -0.05) is 72.8 Å². The van der Waals surface area contributed by atoms with Crippen LogP contribution in [0.15, 0.2) is 120 Å². The Balaban J connectivity index is 1.18. The summed E-state index contributed by atoms with van der Waals surface area (Å²) in [6.45, 7) is 5.04. The number of nitrogens with zero attached hydrogens (tertiary/aromatic N) is 1. The molecular formula is C40H30B2N2O6. The van der Waals surface area contributed by atoms with Gasteiger partial charge in [0.1, 0.15) is 28.8 Å². The Morgan fingerprint density at radius 1 is 0.700 bits per heavy atom. The first-order chi connectivity index (χ1) is 24.5. The molecule has 0 saturated carbocycles. The number of Topliss-reactive ketones (excluding diaryl/α,β-unsaturated/α-hetero) is 1. The summed E-state index contributed by atoms with van der Waals surface area (Å²) in [5, 5.41) is 20.0. The monoisotopic (exact) mass is 656 g/mol. The van der Waals surface area contributed by atoms with Crippen molar-refractivity contribution < 1.29 is 28.7 Å². The third-order valence-electron chi connectivity index (χ3n) is 9.43. The molecule has 6 aromatic rings. The van der Waals surface area contributed by atoms with Crippen molar-refractivity contribution in [2.24, 2.45) is 4.90 Å². The van der Waals surface area contributed by atoms with Gasteiger partial charge in [-0.05, 0) is 71.9 Å². The SMILES string of the molecule is CCOc1ccc(B2N=c3c(=C4C(=O)C(c5ccc6cccc7c6c5NB(c5ccc(OCC)cc5)O7)=C4O)ccc4cccc(c34)O2)cc1. The fourth-order valence-electron chi connectivity index (χ4n) is 7.11. The van der Waals surface area contributed by atoms with Crippen LogP contribution in [0, 0.1) is 0 Å². The molecule has 10 heteroatoms. The van der Waals surface area contributed by atoms with Crippen LogP contribution in [-0.2, 0) is 4.79 Å². The highest BCUT2D eigenvalue weighted by Crippen LogP contribution is 2.45. The molecule has 2 heterocycles. The van der Waals surface area contributed by atoms with E-state index >= 15 is 0 Å². The van der Waals surface area contributed by atoms with Gasteiger partial charge in [0, 0.05) is 27.2 Å². The zero-order valence-electron chi connectivity index (χ0n) is 27.4. The van der Waals surface area contributed by atoms with Crippen molar-refractivity contribution in [3.8, 4) is 23.0 Å². The van der Waals surface area contributed by atoms with Gasteiger partial charge in [0.05, 0.1) is 29.7 Å². The predicted octanol–water partition coefficient (Wildman–Crippen LogP) is 5.10. The van der Waals surface area contributed by atoms with E-state index in [1.807, 2.05) is 123 Å². The first-order valence-electron chi connectivity index (χ1n) is 16.8. The van der Waals surface area contributed by atoms with Gasteiger partial charge >= 0.3 is 14.1 Å². The van der Waals surface area contributed by atoms with Gasteiger partial charge in [0.25, 0.3) is 0 Å². The number of rotatable bonds is 7. The normalized spacial score (nSPS) is 15.6. The average Bonchev–Trinajstić information content (AvgIpc) is 3.14. The smallest absolute Gasteiger partial charge is 0.537 e. The number of ketones is 1.